The van der Waals surface area contributed by atoms with Gasteiger partial charge in [-0.2, -0.15) is 0 Å². The number of ether oxygens (including phenoxy) is 2. The van der Waals surface area contributed by atoms with Crippen molar-refractivity contribution in [3.63, 3.8) is 0 Å². The van der Waals surface area contributed by atoms with E-state index in [-0.39, 0.29) is 12.5 Å². The second kappa shape index (κ2) is 5.98. The molecule has 8 heteroatoms. The Morgan fingerprint density at radius 3 is 3.00 bits per heavy atom. The fourth-order valence-electron chi connectivity index (χ4n) is 1.57. The summed E-state index contributed by atoms with van der Waals surface area (Å²) < 4.78 is 15.3. The fraction of sp³-hybridized carbons (Fsp3) is 0.333. The molecule has 1 aromatic heterocycles. The molecule has 2 aromatic rings. The van der Waals surface area contributed by atoms with Crippen molar-refractivity contribution >= 4 is 28.7 Å². The van der Waals surface area contributed by atoms with E-state index in [1.807, 2.05) is 0 Å². The van der Waals surface area contributed by atoms with Crippen LogP contribution in [0.25, 0.3) is 11.0 Å². The van der Waals surface area contributed by atoms with Crippen LogP contribution in [0.4, 0.5) is 4.79 Å². The lowest BCUT2D eigenvalue weighted by molar-refractivity contribution is 0.0861. The van der Waals surface area contributed by atoms with E-state index in [0.29, 0.717) is 16.0 Å². The number of halogens is 1. The molecule has 0 fully saturated rings. The largest absolute Gasteiger partial charge is 0.473 e. The first kappa shape index (κ1) is 14.4. The van der Waals surface area contributed by atoms with E-state index in [1.54, 1.807) is 25.1 Å². The first-order chi connectivity index (χ1) is 9.47. The van der Waals surface area contributed by atoms with Crippen LogP contribution < -0.4 is 16.2 Å². The number of aromatic nitrogens is 1. The van der Waals surface area contributed by atoms with E-state index >= 15 is 0 Å². The topological polar surface area (TPSA) is 114 Å². The second-order valence-electron chi connectivity index (χ2n) is 4.25. The zero-order valence-electron chi connectivity index (χ0n) is 10.7. The standard InChI is InChI=1S/C12H14ClN3O4/c1-6(19-12(15)17)9(14)5-18-11-8-4-7(13)2-3-10(8)20-16-11/h2-4,6,9H,5,14H2,1H3,(H2,15,17). The number of amides is 1. The van der Waals surface area contributed by atoms with Crippen LogP contribution in [-0.2, 0) is 4.74 Å². The number of rotatable bonds is 5. The summed E-state index contributed by atoms with van der Waals surface area (Å²) >= 11 is 5.90. The molecular formula is C12H14ClN3O4. The van der Waals surface area contributed by atoms with E-state index in [2.05, 4.69) is 5.16 Å². The minimum atomic E-state index is -0.883. The molecule has 4 N–H and O–H groups in total. The van der Waals surface area contributed by atoms with Gasteiger partial charge in [-0.25, -0.2) is 4.79 Å². The zero-order valence-corrected chi connectivity index (χ0v) is 11.5. The maximum atomic E-state index is 10.6. The molecule has 1 heterocycles. The molecule has 0 aliphatic rings. The van der Waals surface area contributed by atoms with Crippen molar-refractivity contribution in [1.82, 2.24) is 5.16 Å². The van der Waals surface area contributed by atoms with Gasteiger partial charge in [0.05, 0.1) is 11.4 Å². The summed E-state index contributed by atoms with van der Waals surface area (Å²) in [5.41, 5.74) is 11.3. The molecule has 0 aliphatic carbocycles. The van der Waals surface area contributed by atoms with Crippen LogP contribution in [0, 0.1) is 0 Å². The van der Waals surface area contributed by atoms with Crippen LogP contribution >= 0.6 is 11.6 Å². The van der Waals surface area contributed by atoms with E-state index < -0.39 is 18.2 Å². The normalized spacial score (nSPS) is 13.9. The third kappa shape index (κ3) is 3.31. The van der Waals surface area contributed by atoms with Crippen molar-refractivity contribution in [2.75, 3.05) is 6.61 Å². The third-order valence-electron chi connectivity index (χ3n) is 2.72. The summed E-state index contributed by atoms with van der Waals surface area (Å²) in [4.78, 5) is 10.6. The molecule has 0 saturated heterocycles. The molecule has 108 valence electrons. The minimum absolute atomic E-state index is 0.0859. The van der Waals surface area contributed by atoms with Crippen LogP contribution in [0.1, 0.15) is 6.92 Å². The number of benzene rings is 1. The van der Waals surface area contributed by atoms with Crippen LogP contribution in [0.2, 0.25) is 5.02 Å². The average molecular weight is 300 g/mol. The van der Waals surface area contributed by atoms with Crippen molar-refractivity contribution in [3.8, 4) is 5.88 Å². The molecule has 2 atom stereocenters. The van der Waals surface area contributed by atoms with Crippen LogP contribution in [0.3, 0.4) is 0 Å². The van der Waals surface area contributed by atoms with Crippen molar-refractivity contribution in [2.45, 2.75) is 19.1 Å². The lowest BCUT2D eigenvalue weighted by atomic mass is 10.2. The van der Waals surface area contributed by atoms with Gasteiger partial charge in [0.15, 0.2) is 5.58 Å². The number of fused-ring (bicyclic) bond motifs is 1. The van der Waals surface area contributed by atoms with Gasteiger partial charge >= 0.3 is 6.09 Å². The molecule has 0 aliphatic heterocycles. The SMILES string of the molecule is CC(OC(N)=O)C(N)COc1noc2ccc(Cl)cc12. The van der Waals surface area contributed by atoms with Gasteiger partial charge in [-0.1, -0.05) is 11.6 Å². The number of nitrogens with two attached hydrogens (primary N) is 2. The number of hydrogen-bond donors (Lipinski definition) is 2. The predicted octanol–water partition coefficient (Wildman–Crippen LogP) is 1.67. The van der Waals surface area contributed by atoms with Gasteiger partial charge in [-0.05, 0) is 30.3 Å². The minimum Gasteiger partial charge on any atom is -0.473 e. The molecule has 2 rings (SSSR count). The Hall–Kier alpha value is -1.99. The Balaban J connectivity index is 2.02. The van der Waals surface area contributed by atoms with Gasteiger partial charge in [0.25, 0.3) is 5.88 Å². The Labute approximate surface area is 119 Å². The second-order valence-corrected chi connectivity index (χ2v) is 4.68. The van der Waals surface area contributed by atoms with Gasteiger partial charge in [-0.15, -0.1) is 0 Å². The highest BCUT2D eigenvalue weighted by Gasteiger charge is 2.18. The van der Waals surface area contributed by atoms with Crippen molar-refractivity contribution in [1.29, 1.82) is 0 Å². The van der Waals surface area contributed by atoms with E-state index in [4.69, 9.17) is 37.1 Å². The quantitative estimate of drug-likeness (QED) is 0.868. The summed E-state index contributed by atoms with van der Waals surface area (Å²) in [5.74, 6) is 0.282. The van der Waals surface area contributed by atoms with Crippen LogP contribution in [0.5, 0.6) is 5.88 Å². The van der Waals surface area contributed by atoms with E-state index in [0.717, 1.165) is 0 Å². The van der Waals surface area contributed by atoms with Gasteiger partial charge in [-0.3, -0.25) is 0 Å². The maximum Gasteiger partial charge on any atom is 0.404 e. The highest BCUT2D eigenvalue weighted by molar-refractivity contribution is 6.31. The number of hydrogen-bond acceptors (Lipinski definition) is 6. The highest BCUT2D eigenvalue weighted by atomic mass is 35.5. The molecule has 7 nitrogen and oxygen atoms in total. The Morgan fingerprint density at radius 1 is 1.55 bits per heavy atom. The van der Waals surface area contributed by atoms with Gasteiger partial charge in [0.2, 0.25) is 0 Å². The lowest BCUT2D eigenvalue weighted by Crippen LogP contribution is -2.41. The third-order valence-corrected chi connectivity index (χ3v) is 2.95. The zero-order chi connectivity index (χ0) is 14.7. The first-order valence-electron chi connectivity index (χ1n) is 5.87. The van der Waals surface area contributed by atoms with Crippen molar-refractivity contribution in [3.05, 3.63) is 23.2 Å². The summed E-state index contributed by atoms with van der Waals surface area (Å²) in [5, 5.41) is 4.97. The van der Waals surface area contributed by atoms with Gasteiger partial charge in [0, 0.05) is 5.02 Å². The summed E-state index contributed by atoms with van der Waals surface area (Å²) in [6.45, 7) is 1.71. The molecule has 20 heavy (non-hydrogen) atoms. The number of carbonyl (C=O) groups is 1. The predicted molar refractivity (Wildman–Crippen MR) is 72.6 cm³/mol. The lowest BCUT2D eigenvalue weighted by Gasteiger charge is -2.18. The monoisotopic (exact) mass is 299 g/mol. The highest BCUT2D eigenvalue weighted by Crippen LogP contribution is 2.27. The summed E-state index contributed by atoms with van der Waals surface area (Å²) in [7, 11) is 0. The Kier molecular flexibility index (Phi) is 4.31. The molecule has 1 aromatic carbocycles. The Bertz CT molecular complexity index is 616. The molecule has 0 spiro atoms. The fourth-order valence-corrected chi connectivity index (χ4v) is 1.75. The molecule has 0 saturated carbocycles. The molecule has 0 bridgehead atoms. The number of carbonyl (C=O) groups excluding carboxylic acids is 1. The summed E-state index contributed by atoms with van der Waals surface area (Å²) in [6, 6.07) is 4.51. The van der Waals surface area contributed by atoms with Gasteiger partial charge in [0.1, 0.15) is 12.7 Å². The van der Waals surface area contributed by atoms with Crippen LogP contribution in [-0.4, -0.2) is 30.0 Å². The molecule has 1 amide bonds. The van der Waals surface area contributed by atoms with Crippen molar-refractivity contribution in [2.24, 2.45) is 11.5 Å². The molecular weight excluding hydrogens is 286 g/mol. The maximum absolute atomic E-state index is 10.6. The average Bonchev–Trinajstić information content (AvgIpc) is 2.77. The molecule has 0 radical (unpaired) electrons. The number of nitrogens with zero attached hydrogens (tertiary/aromatic N) is 1. The summed E-state index contributed by atoms with van der Waals surface area (Å²) in [6.07, 6.45) is -1.46. The van der Waals surface area contributed by atoms with Gasteiger partial charge < -0.3 is 25.5 Å². The Morgan fingerprint density at radius 2 is 2.30 bits per heavy atom. The van der Waals surface area contributed by atoms with E-state index in [9.17, 15) is 4.79 Å². The molecule has 2 unspecified atom stereocenters. The number of primary amides is 1. The van der Waals surface area contributed by atoms with Crippen molar-refractivity contribution < 1.29 is 18.8 Å². The van der Waals surface area contributed by atoms with Crippen LogP contribution in [0.15, 0.2) is 22.7 Å². The van der Waals surface area contributed by atoms with E-state index in [1.165, 1.54) is 0 Å². The first-order valence-corrected chi connectivity index (χ1v) is 6.24. The smallest absolute Gasteiger partial charge is 0.404 e.